The molecule has 2 aromatic rings. The van der Waals surface area contributed by atoms with Crippen molar-refractivity contribution >= 4 is 33.9 Å². The molecule has 0 saturated heterocycles. The van der Waals surface area contributed by atoms with Crippen molar-refractivity contribution in [2.24, 2.45) is 5.10 Å². The van der Waals surface area contributed by atoms with Gasteiger partial charge in [0.05, 0.1) is 17.8 Å². The molecular weight excluding hydrogens is 350 g/mol. The van der Waals surface area contributed by atoms with Crippen LogP contribution in [0.25, 0.3) is 0 Å². The van der Waals surface area contributed by atoms with Gasteiger partial charge in [-0.25, -0.2) is 10.2 Å². The number of carbonyl (C=O) groups excluding carboxylic acids is 1. The van der Waals surface area contributed by atoms with E-state index in [4.69, 9.17) is 4.74 Å². The van der Waals surface area contributed by atoms with Crippen molar-refractivity contribution in [2.45, 2.75) is 0 Å². The second kappa shape index (κ2) is 7.46. The maximum atomic E-state index is 11.6. The van der Waals surface area contributed by atoms with Crippen LogP contribution in [-0.4, -0.2) is 24.5 Å². The smallest absolute Gasteiger partial charge is 0.339 e. The number of phenolic OH excluding ortho intramolecular Hbond substituents is 1. The van der Waals surface area contributed by atoms with Crippen LogP contribution in [0.1, 0.15) is 5.56 Å². The summed E-state index contributed by atoms with van der Waals surface area (Å²) in [4.78, 5) is 11.6. The molecule has 0 radical (unpaired) electrons. The van der Waals surface area contributed by atoms with Gasteiger partial charge in [0, 0.05) is 5.69 Å². The van der Waals surface area contributed by atoms with E-state index >= 15 is 0 Å². The number of rotatable bonds is 4. The van der Waals surface area contributed by atoms with Crippen molar-refractivity contribution in [1.82, 2.24) is 5.43 Å². The number of nitrogens with zero attached hydrogens (tertiary/aromatic N) is 1. The van der Waals surface area contributed by atoms with Gasteiger partial charge in [-0.1, -0.05) is 18.2 Å². The van der Waals surface area contributed by atoms with E-state index in [2.05, 4.69) is 31.8 Å². The standard InChI is InChI=1S/C15H14BrN3O3/c1-22-14-12(16)7-10(8-13(14)20)9-17-19-15(21)18-11-5-3-2-4-6-11/h2-9,20H,1H3,(H2,18,19,21)/b17-9-. The minimum absolute atomic E-state index is 0.0212. The molecule has 0 atom stereocenters. The van der Waals surface area contributed by atoms with Crippen molar-refractivity contribution in [2.75, 3.05) is 12.4 Å². The van der Waals surface area contributed by atoms with Crippen LogP contribution in [0.2, 0.25) is 0 Å². The first-order valence-corrected chi connectivity index (χ1v) is 7.11. The van der Waals surface area contributed by atoms with E-state index in [1.54, 1.807) is 18.2 Å². The first-order valence-electron chi connectivity index (χ1n) is 6.31. The molecule has 0 aliphatic rings. The molecule has 0 unspecified atom stereocenters. The zero-order valence-electron chi connectivity index (χ0n) is 11.7. The number of nitrogens with one attached hydrogen (secondary N) is 2. The van der Waals surface area contributed by atoms with Crippen LogP contribution in [0.15, 0.2) is 52.0 Å². The topological polar surface area (TPSA) is 83.0 Å². The van der Waals surface area contributed by atoms with Gasteiger partial charge < -0.3 is 15.2 Å². The second-order valence-electron chi connectivity index (χ2n) is 4.25. The van der Waals surface area contributed by atoms with Crippen molar-refractivity contribution in [3.63, 3.8) is 0 Å². The van der Waals surface area contributed by atoms with Crippen molar-refractivity contribution in [3.8, 4) is 11.5 Å². The number of methoxy groups -OCH3 is 1. The Labute approximate surface area is 135 Å². The number of carbonyl (C=O) groups is 1. The summed E-state index contributed by atoms with van der Waals surface area (Å²) in [6.07, 6.45) is 1.41. The lowest BCUT2D eigenvalue weighted by Crippen LogP contribution is -2.24. The van der Waals surface area contributed by atoms with Crippen LogP contribution in [0.5, 0.6) is 11.5 Å². The number of para-hydroxylation sites is 1. The zero-order chi connectivity index (χ0) is 15.9. The number of hydrogen-bond donors (Lipinski definition) is 3. The molecule has 0 aromatic heterocycles. The van der Waals surface area contributed by atoms with Crippen LogP contribution < -0.4 is 15.5 Å². The summed E-state index contributed by atoms with van der Waals surface area (Å²) < 4.78 is 5.61. The summed E-state index contributed by atoms with van der Waals surface area (Å²) in [5.41, 5.74) is 3.61. The molecule has 0 aliphatic carbocycles. The predicted octanol–water partition coefficient (Wildman–Crippen LogP) is 3.32. The summed E-state index contributed by atoms with van der Waals surface area (Å²) in [7, 11) is 1.46. The molecule has 3 N–H and O–H groups in total. The molecule has 0 saturated carbocycles. The highest BCUT2D eigenvalue weighted by Gasteiger charge is 2.07. The number of phenols is 1. The Balaban J connectivity index is 1.96. The third-order valence-corrected chi connectivity index (χ3v) is 3.25. The largest absolute Gasteiger partial charge is 0.504 e. The van der Waals surface area contributed by atoms with E-state index in [1.165, 1.54) is 19.4 Å². The fourth-order valence-electron chi connectivity index (χ4n) is 1.72. The van der Waals surface area contributed by atoms with Crippen LogP contribution in [0.4, 0.5) is 10.5 Å². The molecule has 0 bridgehead atoms. The fraction of sp³-hybridized carbons (Fsp3) is 0.0667. The third kappa shape index (κ3) is 4.23. The predicted molar refractivity (Wildman–Crippen MR) is 88.5 cm³/mol. The number of urea groups is 1. The molecule has 2 aromatic carbocycles. The van der Waals surface area contributed by atoms with Crippen molar-refractivity contribution < 1.29 is 14.6 Å². The number of hydrogen-bond acceptors (Lipinski definition) is 4. The summed E-state index contributed by atoms with van der Waals surface area (Å²) in [5.74, 6) is 0.319. The van der Waals surface area contributed by atoms with E-state index in [9.17, 15) is 9.90 Å². The van der Waals surface area contributed by atoms with Gasteiger partial charge in [0.2, 0.25) is 0 Å². The number of halogens is 1. The van der Waals surface area contributed by atoms with Crippen molar-refractivity contribution in [1.29, 1.82) is 0 Å². The zero-order valence-corrected chi connectivity index (χ0v) is 13.3. The van der Waals surface area contributed by atoms with Gasteiger partial charge in [0.15, 0.2) is 11.5 Å². The Morgan fingerprint density at radius 1 is 1.32 bits per heavy atom. The van der Waals surface area contributed by atoms with Gasteiger partial charge in [0.25, 0.3) is 0 Å². The van der Waals surface area contributed by atoms with Crippen LogP contribution in [0, 0.1) is 0 Å². The number of benzene rings is 2. The average molecular weight is 364 g/mol. The highest BCUT2D eigenvalue weighted by Crippen LogP contribution is 2.34. The Bertz CT molecular complexity index is 667. The molecule has 2 amide bonds. The number of aromatic hydroxyl groups is 1. The highest BCUT2D eigenvalue weighted by molar-refractivity contribution is 9.10. The molecule has 2 rings (SSSR count). The van der Waals surface area contributed by atoms with Gasteiger partial charge in [0.1, 0.15) is 0 Å². The van der Waals surface area contributed by atoms with E-state index in [-0.39, 0.29) is 5.75 Å². The quantitative estimate of drug-likeness (QED) is 0.575. The molecule has 0 heterocycles. The fourth-order valence-corrected chi connectivity index (χ4v) is 2.35. The lowest BCUT2D eigenvalue weighted by molar-refractivity contribution is 0.252. The second-order valence-corrected chi connectivity index (χ2v) is 5.10. The minimum atomic E-state index is -0.459. The SMILES string of the molecule is COc1c(O)cc(/C=N\NC(=O)Nc2ccccc2)cc1Br. The third-order valence-electron chi connectivity index (χ3n) is 2.66. The number of anilines is 1. The maximum Gasteiger partial charge on any atom is 0.339 e. The van der Waals surface area contributed by atoms with Gasteiger partial charge >= 0.3 is 6.03 Å². The normalized spacial score (nSPS) is 10.5. The average Bonchev–Trinajstić information content (AvgIpc) is 2.48. The molecule has 0 aliphatic heterocycles. The van der Waals surface area contributed by atoms with Crippen molar-refractivity contribution in [3.05, 3.63) is 52.5 Å². The van der Waals surface area contributed by atoms with E-state index < -0.39 is 6.03 Å². The van der Waals surface area contributed by atoms with Crippen LogP contribution >= 0.6 is 15.9 Å². The van der Waals surface area contributed by atoms with Gasteiger partial charge in [-0.3, -0.25) is 0 Å². The lowest BCUT2D eigenvalue weighted by atomic mass is 10.2. The Morgan fingerprint density at radius 2 is 2.05 bits per heavy atom. The van der Waals surface area contributed by atoms with E-state index in [1.807, 2.05) is 18.2 Å². The molecule has 0 spiro atoms. The molecule has 0 fully saturated rings. The summed E-state index contributed by atoms with van der Waals surface area (Å²) in [6.45, 7) is 0. The van der Waals surface area contributed by atoms with Gasteiger partial charge in [-0.05, 0) is 45.8 Å². The number of hydrazone groups is 1. The number of amides is 2. The highest BCUT2D eigenvalue weighted by atomic mass is 79.9. The lowest BCUT2D eigenvalue weighted by Gasteiger charge is -2.06. The van der Waals surface area contributed by atoms with E-state index in [0.29, 0.717) is 21.5 Å². The Hall–Kier alpha value is -2.54. The van der Waals surface area contributed by atoms with Gasteiger partial charge in [-0.15, -0.1) is 0 Å². The van der Waals surface area contributed by atoms with E-state index in [0.717, 1.165) is 0 Å². The van der Waals surface area contributed by atoms with Crippen LogP contribution in [0.3, 0.4) is 0 Å². The summed E-state index contributed by atoms with van der Waals surface area (Å²) in [5, 5.41) is 16.2. The molecule has 7 heteroatoms. The first-order chi connectivity index (χ1) is 10.6. The summed E-state index contributed by atoms with van der Waals surface area (Å²) in [6, 6.07) is 11.7. The van der Waals surface area contributed by atoms with Gasteiger partial charge in [-0.2, -0.15) is 5.10 Å². The molecule has 22 heavy (non-hydrogen) atoms. The molecule has 6 nitrogen and oxygen atoms in total. The maximum absolute atomic E-state index is 11.6. The Kier molecular flexibility index (Phi) is 5.37. The molecule has 114 valence electrons. The van der Waals surface area contributed by atoms with Crippen LogP contribution in [-0.2, 0) is 0 Å². The Morgan fingerprint density at radius 3 is 2.68 bits per heavy atom. The number of ether oxygens (including phenoxy) is 1. The molecular formula is C15H14BrN3O3. The minimum Gasteiger partial charge on any atom is -0.504 e. The monoisotopic (exact) mass is 363 g/mol. The first kappa shape index (κ1) is 15.8. The summed E-state index contributed by atoms with van der Waals surface area (Å²) >= 11 is 3.28.